The molecule has 0 aliphatic carbocycles. The van der Waals surface area contributed by atoms with Crippen LogP contribution in [0.25, 0.3) is 21.3 Å². The van der Waals surface area contributed by atoms with Gasteiger partial charge < -0.3 is 14.8 Å². The summed E-state index contributed by atoms with van der Waals surface area (Å²) in [4.78, 5) is 24.3. The molecule has 9 heteroatoms. The lowest BCUT2D eigenvalue weighted by Gasteiger charge is -2.11. The molecule has 2 N–H and O–H groups in total. The third-order valence-electron chi connectivity index (χ3n) is 3.46. The highest BCUT2D eigenvalue weighted by atomic mass is 32.1. The highest BCUT2D eigenvalue weighted by Crippen LogP contribution is 2.37. The average molecular weight is 373 g/mol. The number of rotatable bonds is 7. The van der Waals surface area contributed by atoms with Gasteiger partial charge in [0.2, 0.25) is 0 Å². The van der Waals surface area contributed by atoms with Crippen LogP contribution in [-0.2, 0) is 4.74 Å². The second-order valence-corrected chi connectivity index (χ2v) is 6.32. The molecule has 8 nitrogen and oxygen atoms in total. The maximum atomic E-state index is 11.7. The van der Waals surface area contributed by atoms with Gasteiger partial charge in [0.1, 0.15) is 18.7 Å². The van der Waals surface area contributed by atoms with Crippen LogP contribution in [0.5, 0.6) is 5.75 Å². The molecule has 1 aromatic carbocycles. The fourth-order valence-electron chi connectivity index (χ4n) is 2.33. The number of urea groups is 1. The molecule has 0 unspecified atom stereocenters. The maximum absolute atomic E-state index is 11.7. The van der Waals surface area contributed by atoms with Crippen molar-refractivity contribution in [3.63, 3.8) is 0 Å². The van der Waals surface area contributed by atoms with Crippen molar-refractivity contribution in [2.24, 2.45) is 0 Å². The van der Waals surface area contributed by atoms with Gasteiger partial charge in [-0.2, -0.15) is 0 Å². The first-order chi connectivity index (χ1) is 12.7. The van der Waals surface area contributed by atoms with Gasteiger partial charge in [0.05, 0.1) is 16.8 Å². The van der Waals surface area contributed by atoms with E-state index in [9.17, 15) is 4.79 Å². The number of aromatic nitrogens is 3. The highest BCUT2D eigenvalue weighted by Gasteiger charge is 2.14. The van der Waals surface area contributed by atoms with Gasteiger partial charge in [0, 0.05) is 43.2 Å². The number of hydrogen-bond donors (Lipinski definition) is 2. The Hall–Kier alpha value is -2.78. The average Bonchev–Trinajstić information content (AvgIpc) is 3.03. The summed E-state index contributed by atoms with van der Waals surface area (Å²) in [5.74, 6) is 0.692. The van der Waals surface area contributed by atoms with Crippen LogP contribution in [0.3, 0.4) is 0 Å². The van der Waals surface area contributed by atoms with Gasteiger partial charge >= 0.3 is 6.03 Å². The van der Waals surface area contributed by atoms with E-state index >= 15 is 0 Å². The number of carbonyl (C=O) groups is 1. The van der Waals surface area contributed by atoms with Crippen LogP contribution in [0.1, 0.15) is 6.92 Å². The van der Waals surface area contributed by atoms with E-state index in [-0.39, 0.29) is 6.03 Å². The molecular formula is C17H19N5O3S. The third kappa shape index (κ3) is 4.24. The summed E-state index contributed by atoms with van der Waals surface area (Å²) >= 11 is 1.38. The second kappa shape index (κ2) is 8.54. The van der Waals surface area contributed by atoms with Crippen molar-refractivity contribution in [1.29, 1.82) is 0 Å². The lowest BCUT2D eigenvalue weighted by Crippen LogP contribution is -2.28. The zero-order chi connectivity index (χ0) is 18.4. The Balaban J connectivity index is 1.97. The second-order valence-electron chi connectivity index (χ2n) is 5.29. The van der Waals surface area contributed by atoms with Gasteiger partial charge in [-0.25, -0.2) is 19.7 Å². The minimum Gasteiger partial charge on any atom is -0.490 e. The van der Waals surface area contributed by atoms with E-state index in [1.807, 2.05) is 19.1 Å². The Morgan fingerprint density at radius 3 is 2.77 bits per heavy atom. The molecule has 2 amide bonds. The highest BCUT2D eigenvalue weighted by molar-refractivity contribution is 7.22. The first-order valence-electron chi connectivity index (χ1n) is 8.07. The van der Waals surface area contributed by atoms with Crippen molar-refractivity contribution < 1.29 is 14.3 Å². The van der Waals surface area contributed by atoms with Gasteiger partial charge in [-0.3, -0.25) is 5.32 Å². The largest absolute Gasteiger partial charge is 0.490 e. The van der Waals surface area contributed by atoms with E-state index in [0.717, 1.165) is 21.3 Å². The van der Waals surface area contributed by atoms with Crippen LogP contribution in [0.15, 0.2) is 30.9 Å². The summed E-state index contributed by atoms with van der Waals surface area (Å²) < 4.78 is 11.8. The standard InChI is InChI=1S/C17H19N5O3S/c1-3-20-16(23)22-17-21-13-6-12(11-8-18-10-19-9-11)14(7-15(13)26-17)25-5-4-24-2/h6-10H,3-5H2,1-2H3,(H2,20,21,22,23). The molecule has 2 heterocycles. The number of fused-ring (bicyclic) bond motifs is 1. The summed E-state index contributed by atoms with van der Waals surface area (Å²) in [6.07, 6.45) is 4.92. The fourth-order valence-corrected chi connectivity index (χ4v) is 3.20. The van der Waals surface area contributed by atoms with Crippen molar-refractivity contribution in [1.82, 2.24) is 20.3 Å². The summed E-state index contributed by atoms with van der Waals surface area (Å²) in [6, 6.07) is 3.54. The molecule has 2 aromatic heterocycles. The number of methoxy groups -OCH3 is 1. The SMILES string of the molecule is CCNC(=O)Nc1nc2cc(-c3cncnc3)c(OCCOC)cc2s1. The number of thiazole rings is 1. The molecule has 3 aromatic rings. The molecule has 0 fully saturated rings. The Morgan fingerprint density at radius 1 is 1.23 bits per heavy atom. The predicted molar refractivity (Wildman–Crippen MR) is 101 cm³/mol. The molecule has 0 saturated heterocycles. The number of benzene rings is 1. The van der Waals surface area contributed by atoms with E-state index < -0.39 is 0 Å². The van der Waals surface area contributed by atoms with E-state index in [1.165, 1.54) is 17.7 Å². The van der Waals surface area contributed by atoms with E-state index in [2.05, 4.69) is 25.6 Å². The minimum absolute atomic E-state index is 0.278. The van der Waals surface area contributed by atoms with Crippen molar-refractivity contribution in [3.8, 4) is 16.9 Å². The van der Waals surface area contributed by atoms with Crippen LogP contribution in [0.2, 0.25) is 0 Å². The summed E-state index contributed by atoms with van der Waals surface area (Å²) in [5.41, 5.74) is 2.43. The third-order valence-corrected chi connectivity index (χ3v) is 4.40. The van der Waals surface area contributed by atoms with Gasteiger partial charge in [-0.1, -0.05) is 11.3 Å². The molecular weight excluding hydrogens is 354 g/mol. The van der Waals surface area contributed by atoms with E-state index in [1.54, 1.807) is 19.5 Å². The number of amides is 2. The normalized spacial score (nSPS) is 10.7. The first kappa shape index (κ1) is 18.0. The first-order valence-corrected chi connectivity index (χ1v) is 8.89. The summed E-state index contributed by atoms with van der Waals surface area (Å²) in [7, 11) is 1.63. The molecule has 0 aliphatic rings. The molecule has 0 spiro atoms. The van der Waals surface area contributed by atoms with E-state index in [0.29, 0.717) is 30.6 Å². The fraction of sp³-hybridized carbons (Fsp3) is 0.294. The van der Waals surface area contributed by atoms with Crippen molar-refractivity contribution in [2.45, 2.75) is 6.92 Å². The van der Waals surface area contributed by atoms with Crippen LogP contribution >= 0.6 is 11.3 Å². The summed E-state index contributed by atoms with van der Waals surface area (Å²) in [6.45, 7) is 3.31. The molecule has 26 heavy (non-hydrogen) atoms. The van der Waals surface area contributed by atoms with Crippen LogP contribution in [0.4, 0.5) is 9.93 Å². The smallest absolute Gasteiger partial charge is 0.321 e. The molecule has 136 valence electrons. The van der Waals surface area contributed by atoms with Gasteiger partial charge in [0.25, 0.3) is 0 Å². The Bertz CT molecular complexity index is 885. The number of carbonyl (C=O) groups excluding carboxylic acids is 1. The lowest BCUT2D eigenvalue weighted by molar-refractivity contribution is 0.146. The molecule has 0 atom stereocenters. The molecule has 3 rings (SSSR count). The Kier molecular flexibility index (Phi) is 5.92. The van der Waals surface area contributed by atoms with Crippen LogP contribution < -0.4 is 15.4 Å². The van der Waals surface area contributed by atoms with Crippen LogP contribution in [-0.4, -0.2) is 47.9 Å². The number of anilines is 1. The zero-order valence-corrected chi connectivity index (χ0v) is 15.3. The molecule has 0 radical (unpaired) electrons. The zero-order valence-electron chi connectivity index (χ0n) is 14.5. The van der Waals surface area contributed by atoms with E-state index in [4.69, 9.17) is 9.47 Å². The quantitative estimate of drug-likeness (QED) is 0.618. The van der Waals surface area contributed by atoms with Crippen LogP contribution in [0, 0.1) is 0 Å². The Labute approximate surface area is 154 Å². The number of nitrogens with zero attached hydrogens (tertiary/aromatic N) is 3. The number of ether oxygens (including phenoxy) is 2. The monoisotopic (exact) mass is 373 g/mol. The van der Waals surface area contributed by atoms with Crippen molar-refractivity contribution >= 4 is 32.7 Å². The van der Waals surface area contributed by atoms with Gasteiger partial charge in [0.15, 0.2) is 5.13 Å². The topological polar surface area (TPSA) is 98.3 Å². The van der Waals surface area contributed by atoms with Crippen molar-refractivity contribution in [3.05, 3.63) is 30.9 Å². The van der Waals surface area contributed by atoms with Gasteiger partial charge in [-0.05, 0) is 13.0 Å². The predicted octanol–water partition coefficient (Wildman–Crippen LogP) is 2.92. The Morgan fingerprint density at radius 2 is 2.04 bits per heavy atom. The van der Waals surface area contributed by atoms with Crippen molar-refractivity contribution in [2.75, 3.05) is 32.2 Å². The molecule has 0 saturated carbocycles. The minimum atomic E-state index is -0.278. The lowest BCUT2D eigenvalue weighted by atomic mass is 10.1. The number of hydrogen-bond acceptors (Lipinski definition) is 7. The molecule has 0 bridgehead atoms. The van der Waals surface area contributed by atoms with Gasteiger partial charge in [-0.15, -0.1) is 0 Å². The maximum Gasteiger partial charge on any atom is 0.321 e. The molecule has 0 aliphatic heterocycles. The summed E-state index contributed by atoms with van der Waals surface area (Å²) in [5, 5.41) is 5.94. The number of nitrogens with one attached hydrogen (secondary N) is 2.